The number of rotatable bonds is 7. The van der Waals surface area contributed by atoms with Crippen LogP contribution in [0.1, 0.15) is 62.4 Å². The van der Waals surface area contributed by atoms with E-state index in [2.05, 4.69) is 44.4 Å². The quantitative estimate of drug-likeness (QED) is 0.635. The van der Waals surface area contributed by atoms with Gasteiger partial charge in [-0.3, -0.25) is 0 Å². The number of aliphatic hydroxyl groups is 1. The Hall–Kier alpha value is -2.47. The van der Waals surface area contributed by atoms with Crippen LogP contribution in [0.5, 0.6) is 0 Å². The van der Waals surface area contributed by atoms with Crippen molar-refractivity contribution in [3.05, 3.63) is 35.3 Å². The van der Waals surface area contributed by atoms with Crippen LogP contribution in [0.2, 0.25) is 0 Å². The Kier molecular flexibility index (Phi) is 5.98. The van der Waals surface area contributed by atoms with E-state index in [1.807, 2.05) is 25.6 Å². The minimum atomic E-state index is 0.0908. The second-order valence-corrected chi connectivity index (χ2v) is 7.73. The van der Waals surface area contributed by atoms with E-state index < -0.39 is 0 Å². The molecule has 0 unspecified atom stereocenters. The highest BCUT2D eigenvalue weighted by molar-refractivity contribution is 5.82. The molecule has 0 aromatic carbocycles. The standard InChI is InChI=1S/C22H31N5O/c1-7-8-15(12-28)17-11-27(6)22-20(17)24-14(4)19(26-22)16-9-10-18(13(2)3)25-21(16)23-5/h9-11,13,15,28H,7-8,12H2,1-6H3,(H,23,25)/t15-/m0/s1. The molecule has 0 saturated heterocycles. The number of nitrogens with one attached hydrogen (secondary N) is 1. The zero-order valence-corrected chi connectivity index (χ0v) is 17.7. The van der Waals surface area contributed by atoms with Crippen molar-refractivity contribution in [2.45, 2.75) is 52.4 Å². The van der Waals surface area contributed by atoms with Crippen LogP contribution >= 0.6 is 0 Å². The molecule has 2 N–H and O–H groups in total. The summed E-state index contributed by atoms with van der Waals surface area (Å²) in [5.74, 6) is 1.27. The van der Waals surface area contributed by atoms with Gasteiger partial charge in [0.05, 0.1) is 18.0 Å². The van der Waals surface area contributed by atoms with E-state index >= 15 is 0 Å². The third-order valence-electron chi connectivity index (χ3n) is 5.29. The van der Waals surface area contributed by atoms with E-state index in [1.165, 1.54) is 0 Å². The van der Waals surface area contributed by atoms with E-state index in [0.29, 0.717) is 5.92 Å². The molecule has 0 aliphatic rings. The first-order valence-corrected chi connectivity index (χ1v) is 10.0. The van der Waals surface area contributed by atoms with E-state index in [-0.39, 0.29) is 12.5 Å². The van der Waals surface area contributed by atoms with Crippen LogP contribution in [-0.2, 0) is 7.05 Å². The predicted octanol–water partition coefficient (Wildman–Crippen LogP) is 4.38. The second kappa shape index (κ2) is 8.27. The molecule has 0 aliphatic carbocycles. The van der Waals surface area contributed by atoms with E-state index in [1.54, 1.807) is 0 Å². The van der Waals surface area contributed by atoms with Crippen LogP contribution in [0.4, 0.5) is 5.82 Å². The van der Waals surface area contributed by atoms with Crippen LogP contribution in [0.3, 0.4) is 0 Å². The van der Waals surface area contributed by atoms with Crippen molar-refractivity contribution in [1.29, 1.82) is 0 Å². The van der Waals surface area contributed by atoms with Gasteiger partial charge in [0.15, 0.2) is 5.65 Å². The number of hydrogen-bond acceptors (Lipinski definition) is 5. The fourth-order valence-corrected chi connectivity index (χ4v) is 3.71. The summed E-state index contributed by atoms with van der Waals surface area (Å²) in [4.78, 5) is 14.6. The molecule has 6 heteroatoms. The summed E-state index contributed by atoms with van der Waals surface area (Å²) in [6, 6.07) is 4.14. The zero-order chi connectivity index (χ0) is 20.4. The summed E-state index contributed by atoms with van der Waals surface area (Å²) in [5, 5.41) is 13.1. The molecule has 3 heterocycles. The number of fused-ring (bicyclic) bond motifs is 1. The van der Waals surface area contributed by atoms with Gasteiger partial charge in [-0.25, -0.2) is 15.0 Å². The average Bonchev–Trinajstić information content (AvgIpc) is 3.00. The van der Waals surface area contributed by atoms with Crippen LogP contribution in [0, 0.1) is 6.92 Å². The molecular weight excluding hydrogens is 350 g/mol. The lowest BCUT2D eigenvalue weighted by Crippen LogP contribution is -2.05. The Balaban J connectivity index is 2.17. The van der Waals surface area contributed by atoms with Crippen LogP contribution in [-0.4, -0.2) is 38.3 Å². The van der Waals surface area contributed by atoms with Crippen LogP contribution in [0.15, 0.2) is 18.3 Å². The predicted molar refractivity (Wildman–Crippen MR) is 115 cm³/mol. The molecule has 0 amide bonds. The van der Waals surface area contributed by atoms with Crippen molar-refractivity contribution in [2.75, 3.05) is 19.0 Å². The SMILES string of the molecule is CCC[C@@H](CO)c1cn(C)c2nc(-c3ccc(C(C)C)nc3NC)c(C)nc12. The Morgan fingerprint density at radius 3 is 2.54 bits per heavy atom. The molecule has 1 atom stereocenters. The maximum Gasteiger partial charge on any atom is 0.159 e. The Morgan fingerprint density at radius 1 is 1.18 bits per heavy atom. The van der Waals surface area contributed by atoms with E-state index in [0.717, 1.165) is 58.0 Å². The molecule has 0 fully saturated rings. The highest BCUT2D eigenvalue weighted by atomic mass is 16.3. The first-order valence-electron chi connectivity index (χ1n) is 10.0. The van der Waals surface area contributed by atoms with E-state index in [9.17, 15) is 5.11 Å². The molecular formula is C22H31N5O. The molecule has 3 rings (SSSR count). The van der Waals surface area contributed by atoms with Gasteiger partial charge in [-0.15, -0.1) is 0 Å². The Bertz CT molecular complexity index is 977. The van der Waals surface area contributed by atoms with Gasteiger partial charge >= 0.3 is 0 Å². The van der Waals surface area contributed by atoms with Crippen molar-refractivity contribution in [3.63, 3.8) is 0 Å². The zero-order valence-electron chi connectivity index (χ0n) is 17.7. The molecule has 0 bridgehead atoms. The number of aryl methyl sites for hydroxylation is 2. The lowest BCUT2D eigenvalue weighted by Gasteiger charge is -2.14. The van der Waals surface area contributed by atoms with Gasteiger partial charge in [-0.2, -0.15) is 0 Å². The van der Waals surface area contributed by atoms with Gasteiger partial charge < -0.3 is 15.0 Å². The number of aromatic nitrogens is 4. The maximum atomic E-state index is 9.85. The fourth-order valence-electron chi connectivity index (χ4n) is 3.71. The first-order chi connectivity index (χ1) is 13.4. The van der Waals surface area contributed by atoms with Gasteiger partial charge in [-0.1, -0.05) is 27.2 Å². The minimum Gasteiger partial charge on any atom is -0.396 e. The third kappa shape index (κ3) is 3.61. The molecule has 0 aliphatic heterocycles. The third-order valence-corrected chi connectivity index (χ3v) is 5.29. The van der Waals surface area contributed by atoms with Crippen LogP contribution < -0.4 is 5.32 Å². The summed E-state index contributed by atoms with van der Waals surface area (Å²) in [7, 11) is 3.87. The van der Waals surface area contributed by atoms with Gasteiger partial charge in [-0.05, 0) is 31.4 Å². The van der Waals surface area contributed by atoms with Crippen molar-refractivity contribution in [2.24, 2.45) is 7.05 Å². The summed E-state index contributed by atoms with van der Waals surface area (Å²) in [6.07, 6.45) is 4.01. The minimum absolute atomic E-state index is 0.0908. The fraction of sp³-hybridized carbons (Fsp3) is 0.500. The highest BCUT2D eigenvalue weighted by Gasteiger charge is 2.21. The number of pyridine rings is 1. The number of aliphatic hydroxyl groups excluding tert-OH is 1. The number of nitrogens with zero attached hydrogens (tertiary/aromatic N) is 4. The van der Waals surface area contributed by atoms with Gasteiger partial charge in [0.25, 0.3) is 0 Å². The largest absolute Gasteiger partial charge is 0.396 e. The normalized spacial score (nSPS) is 12.7. The Morgan fingerprint density at radius 2 is 1.93 bits per heavy atom. The summed E-state index contributed by atoms with van der Waals surface area (Å²) in [5.41, 5.74) is 6.49. The summed E-state index contributed by atoms with van der Waals surface area (Å²) >= 11 is 0. The first kappa shape index (κ1) is 20.3. The molecule has 0 spiro atoms. The Labute approximate surface area is 167 Å². The van der Waals surface area contributed by atoms with Crippen molar-refractivity contribution in [3.8, 4) is 11.3 Å². The molecule has 150 valence electrons. The smallest absolute Gasteiger partial charge is 0.159 e. The number of hydrogen-bond donors (Lipinski definition) is 2. The molecule has 3 aromatic heterocycles. The lowest BCUT2D eigenvalue weighted by molar-refractivity contribution is 0.259. The summed E-state index contributed by atoms with van der Waals surface area (Å²) in [6.45, 7) is 8.52. The lowest BCUT2D eigenvalue weighted by atomic mass is 9.97. The van der Waals surface area contributed by atoms with Gasteiger partial charge in [0, 0.05) is 43.0 Å². The summed E-state index contributed by atoms with van der Waals surface area (Å²) < 4.78 is 2.01. The highest BCUT2D eigenvalue weighted by Crippen LogP contribution is 2.33. The molecule has 0 saturated carbocycles. The van der Waals surface area contributed by atoms with Crippen LogP contribution in [0.25, 0.3) is 22.4 Å². The maximum absolute atomic E-state index is 9.85. The van der Waals surface area contributed by atoms with E-state index in [4.69, 9.17) is 15.0 Å². The van der Waals surface area contributed by atoms with Crippen molar-refractivity contribution in [1.82, 2.24) is 19.5 Å². The van der Waals surface area contributed by atoms with Gasteiger partial charge in [0.2, 0.25) is 0 Å². The average molecular weight is 382 g/mol. The number of anilines is 1. The molecule has 0 radical (unpaired) electrons. The van der Waals surface area contributed by atoms with Crippen molar-refractivity contribution >= 4 is 17.0 Å². The molecule has 28 heavy (non-hydrogen) atoms. The molecule has 3 aromatic rings. The second-order valence-electron chi connectivity index (χ2n) is 7.73. The topological polar surface area (TPSA) is 75.9 Å². The monoisotopic (exact) mass is 381 g/mol. The van der Waals surface area contributed by atoms with Gasteiger partial charge in [0.1, 0.15) is 11.3 Å². The van der Waals surface area contributed by atoms with Crippen molar-refractivity contribution < 1.29 is 5.11 Å². The molecule has 6 nitrogen and oxygen atoms in total.